The van der Waals surface area contributed by atoms with Gasteiger partial charge in [0.15, 0.2) is 9.84 Å². The second kappa shape index (κ2) is 6.90. The zero-order chi connectivity index (χ0) is 14.5. The average molecular weight is 280 g/mol. The van der Waals surface area contributed by atoms with E-state index in [2.05, 4.69) is 26.0 Å². The largest absolute Gasteiger partial charge is 0.223 e. The summed E-state index contributed by atoms with van der Waals surface area (Å²) in [5.74, 6) is 0.428. The Morgan fingerprint density at radius 1 is 1.21 bits per heavy atom. The number of allylic oxidation sites excluding steroid dienone is 2. The summed E-state index contributed by atoms with van der Waals surface area (Å²) in [4.78, 5) is 0.437. The van der Waals surface area contributed by atoms with Crippen LogP contribution in [0, 0.1) is 5.92 Å². The number of benzene rings is 1. The van der Waals surface area contributed by atoms with Crippen LogP contribution in [-0.2, 0) is 16.3 Å². The lowest BCUT2D eigenvalue weighted by Gasteiger charge is -2.11. The van der Waals surface area contributed by atoms with Crippen LogP contribution < -0.4 is 0 Å². The highest BCUT2D eigenvalue weighted by Gasteiger charge is 2.19. The summed E-state index contributed by atoms with van der Waals surface area (Å²) in [7, 11) is -3.17. The van der Waals surface area contributed by atoms with Gasteiger partial charge in [0.1, 0.15) is 0 Å². The van der Waals surface area contributed by atoms with Crippen LogP contribution in [0.3, 0.4) is 0 Å². The van der Waals surface area contributed by atoms with Crippen molar-refractivity contribution in [1.82, 2.24) is 0 Å². The van der Waals surface area contributed by atoms with Crippen LogP contribution in [0.5, 0.6) is 0 Å². The van der Waals surface area contributed by atoms with Crippen LogP contribution >= 0.6 is 0 Å². The van der Waals surface area contributed by atoms with Gasteiger partial charge in [0, 0.05) is 0 Å². The average Bonchev–Trinajstić information content (AvgIpc) is 2.36. The maximum Gasteiger partial charge on any atom is 0.180 e. The molecular weight excluding hydrogens is 256 g/mol. The van der Waals surface area contributed by atoms with Crippen molar-refractivity contribution in [3.05, 3.63) is 42.0 Å². The van der Waals surface area contributed by atoms with E-state index in [-0.39, 0.29) is 5.25 Å². The molecule has 2 nitrogen and oxygen atoms in total. The Bertz CT molecular complexity index is 527. The summed E-state index contributed by atoms with van der Waals surface area (Å²) in [6, 6.07) is 7.33. The second-order valence-corrected chi connectivity index (χ2v) is 7.76. The van der Waals surface area contributed by atoms with Gasteiger partial charge in [0.05, 0.1) is 10.1 Å². The first kappa shape index (κ1) is 16.0. The number of hydrogen-bond donors (Lipinski definition) is 0. The Morgan fingerprint density at radius 2 is 1.89 bits per heavy atom. The van der Waals surface area contributed by atoms with Gasteiger partial charge in [-0.2, -0.15) is 0 Å². The maximum absolute atomic E-state index is 12.1. The van der Waals surface area contributed by atoms with Gasteiger partial charge in [-0.3, -0.25) is 0 Å². The summed E-state index contributed by atoms with van der Waals surface area (Å²) in [6.45, 7) is 7.69. The molecule has 0 aliphatic rings. The molecule has 0 amide bonds. The molecule has 0 radical (unpaired) electrons. The maximum atomic E-state index is 12.1. The minimum absolute atomic E-state index is 0.375. The molecule has 3 heteroatoms. The molecule has 0 aliphatic carbocycles. The molecule has 0 aromatic heterocycles. The smallest absolute Gasteiger partial charge is 0.180 e. The fourth-order valence-corrected chi connectivity index (χ4v) is 3.06. The van der Waals surface area contributed by atoms with Crippen molar-refractivity contribution in [1.29, 1.82) is 0 Å². The second-order valence-electron chi connectivity index (χ2n) is 5.26. The van der Waals surface area contributed by atoms with Crippen LogP contribution in [0.2, 0.25) is 0 Å². The van der Waals surface area contributed by atoms with E-state index in [4.69, 9.17) is 0 Å². The quantitative estimate of drug-likeness (QED) is 0.738. The number of rotatable bonds is 6. The van der Waals surface area contributed by atoms with Gasteiger partial charge >= 0.3 is 0 Å². The molecule has 1 atom stereocenters. The predicted molar refractivity (Wildman–Crippen MR) is 81.1 cm³/mol. The van der Waals surface area contributed by atoms with Gasteiger partial charge in [0.2, 0.25) is 0 Å². The minimum Gasteiger partial charge on any atom is -0.223 e. The minimum atomic E-state index is -3.17. The Morgan fingerprint density at radius 3 is 2.47 bits per heavy atom. The van der Waals surface area contributed by atoms with Crippen LogP contribution in [0.15, 0.2) is 41.3 Å². The third-order valence-electron chi connectivity index (χ3n) is 3.11. The summed E-state index contributed by atoms with van der Waals surface area (Å²) in [5.41, 5.74) is 1.08. The van der Waals surface area contributed by atoms with Crippen LogP contribution in [0.4, 0.5) is 0 Å². The molecule has 1 aromatic rings. The lowest BCUT2D eigenvalue weighted by atomic mass is 10.0. The highest BCUT2D eigenvalue weighted by molar-refractivity contribution is 7.92. The van der Waals surface area contributed by atoms with E-state index >= 15 is 0 Å². The highest BCUT2D eigenvalue weighted by atomic mass is 32.2. The molecule has 0 fully saturated rings. The van der Waals surface area contributed by atoms with Crippen molar-refractivity contribution >= 4 is 9.84 Å². The standard InChI is InChI=1S/C16H24O2S/c1-5-6-8-14(4)11-15-9-7-10-16(12-15)19(17,18)13(2)3/h6-10,12-14H,5,11H2,1-4H3/b8-6-. The van der Waals surface area contributed by atoms with E-state index in [1.54, 1.807) is 19.9 Å². The SMILES string of the molecule is CC/C=C\C(C)Cc1cccc(S(=O)(=O)C(C)C)c1. The van der Waals surface area contributed by atoms with Crippen LogP contribution in [0.1, 0.15) is 39.7 Å². The third kappa shape index (κ3) is 4.50. The first-order chi connectivity index (χ1) is 8.87. The first-order valence-electron chi connectivity index (χ1n) is 6.87. The number of sulfone groups is 1. The lowest BCUT2D eigenvalue weighted by Crippen LogP contribution is -2.14. The normalized spacial score (nSPS) is 14.2. The van der Waals surface area contributed by atoms with Gasteiger partial charge < -0.3 is 0 Å². The van der Waals surface area contributed by atoms with E-state index < -0.39 is 9.84 Å². The zero-order valence-electron chi connectivity index (χ0n) is 12.3. The van der Waals surface area contributed by atoms with Crippen molar-refractivity contribution in [3.8, 4) is 0 Å². The third-order valence-corrected chi connectivity index (χ3v) is 5.26. The molecule has 0 saturated carbocycles. The molecule has 1 aromatic carbocycles. The van der Waals surface area contributed by atoms with Crippen molar-refractivity contribution in [2.75, 3.05) is 0 Å². The van der Waals surface area contributed by atoms with Crippen LogP contribution in [0.25, 0.3) is 0 Å². The molecule has 106 valence electrons. The van der Waals surface area contributed by atoms with Crippen molar-refractivity contribution in [2.24, 2.45) is 5.92 Å². The lowest BCUT2D eigenvalue weighted by molar-refractivity contribution is 0.587. The summed E-state index contributed by atoms with van der Waals surface area (Å²) in [6.07, 6.45) is 6.24. The van der Waals surface area contributed by atoms with E-state index in [1.807, 2.05) is 18.2 Å². The Labute approximate surface area is 117 Å². The first-order valence-corrected chi connectivity index (χ1v) is 8.42. The van der Waals surface area contributed by atoms with Crippen molar-refractivity contribution < 1.29 is 8.42 Å². The fourth-order valence-electron chi connectivity index (χ4n) is 1.93. The summed E-state index contributed by atoms with van der Waals surface area (Å²) in [5, 5.41) is -0.375. The van der Waals surface area contributed by atoms with Crippen LogP contribution in [-0.4, -0.2) is 13.7 Å². The van der Waals surface area contributed by atoms with Gasteiger partial charge in [0.25, 0.3) is 0 Å². The van der Waals surface area contributed by atoms with E-state index in [1.165, 1.54) is 0 Å². The van der Waals surface area contributed by atoms with Crippen molar-refractivity contribution in [3.63, 3.8) is 0 Å². The molecule has 19 heavy (non-hydrogen) atoms. The molecule has 0 saturated heterocycles. The van der Waals surface area contributed by atoms with Gasteiger partial charge in [-0.15, -0.1) is 0 Å². The topological polar surface area (TPSA) is 34.1 Å². The van der Waals surface area contributed by atoms with Gasteiger partial charge in [-0.25, -0.2) is 8.42 Å². The van der Waals surface area contributed by atoms with Gasteiger partial charge in [-0.1, -0.05) is 38.1 Å². The number of hydrogen-bond acceptors (Lipinski definition) is 2. The zero-order valence-corrected chi connectivity index (χ0v) is 13.1. The monoisotopic (exact) mass is 280 g/mol. The van der Waals surface area contributed by atoms with E-state index in [0.29, 0.717) is 10.8 Å². The molecule has 1 rings (SSSR count). The Kier molecular flexibility index (Phi) is 5.80. The molecule has 0 aliphatic heterocycles. The highest BCUT2D eigenvalue weighted by Crippen LogP contribution is 2.19. The molecule has 1 unspecified atom stereocenters. The summed E-state index contributed by atoms with van der Waals surface area (Å²) < 4.78 is 24.3. The molecule has 0 N–H and O–H groups in total. The molecular formula is C16H24O2S. The fraction of sp³-hybridized carbons (Fsp3) is 0.500. The van der Waals surface area contributed by atoms with E-state index in [9.17, 15) is 8.42 Å². The predicted octanol–water partition coefficient (Wildman–Crippen LogP) is 4.01. The Hall–Kier alpha value is -1.09. The molecule has 0 bridgehead atoms. The van der Waals surface area contributed by atoms with E-state index in [0.717, 1.165) is 18.4 Å². The summed E-state index contributed by atoms with van der Waals surface area (Å²) >= 11 is 0. The molecule has 0 heterocycles. The molecule has 0 spiro atoms. The van der Waals surface area contributed by atoms with Crippen molar-refractivity contribution in [2.45, 2.75) is 50.7 Å². The van der Waals surface area contributed by atoms with Gasteiger partial charge in [-0.05, 0) is 50.3 Å². The Balaban J connectivity index is 2.93.